The Labute approximate surface area is 167 Å². The molecule has 0 spiro atoms. The molecule has 0 bridgehead atoms. The van der Waals surface area contributed by atoms with Gasteiger partial charge in [-0.2, -0.15) is 0 Å². The van der Waals surface area contributed by atoms with E-state index in [0.29, 0.717) is 5.56 Å². The van der Waals surface area contributed by atoms with Crippen molar-refractivity contribution in [3.63, 3.8) is 0 Å². The van der Waals surface area contributed by atoms with Crippen molar-refractivity contribution in [1.29, 1.82) is 0 Å². The zero-order chi connectivity index (χ0) is 21.4. The number of aliphatic hydroxyl groups excluding tert-OH is 1. The lowest BCUT2D eigenvalue weighted by atomic mass is 10.1. The minimum atomic E-state index is -1.03. The van der Waals surface area contributed by atoms with E-state index >= 15 is 0 Å². The van der Waals surface area contributed by atoms with Gasteiger partial charge in [0.05, 0.1) is 38.7 Å². The fourth-order valence-electron chi connectivity index (χ4n) is 2.50. The highest BCUT2D eigenvalue weighted by Crippen LogP contribution is 2.33. The van der Waals surface area contributed by atoms with Crippen molar-refractivity contribution >= 4 is 23.5 Å². The Morgan fingerprint density at radius 2 is 1.59 bits per heavy atom. The van der Waals surface area contributed by atoms with Crippen LogP contribution in [-0.4, -0.2) is 50.8 Å². The molecule has 0 aliphatic carbocycles. The summed E-state index contributed by atoms with van der Waals surface area (Å²) < 4.78 is 15.0. The van der Waals surface area contributed by atoms with Gasteiger partial charge in [-0.05, 0) is 5.56 Å². The summed E-state index contributed by atoms with van der Waals surface area (Å²) >= 11 is 0. The summed E-state index contributed by atoms with van der Waals surface area (Å²) in [5.41, 5.74) is 0.593. The maximum absolute atomic E-state index is 12.2. The van der Waals surface area contributed by atoms with Crippen LogP contribution in [0.4, 0.5) is 5.69 Å². The van der Waals surface area contributed by atoms with E-state index in [1.807, 2.05) is 0 Å². The number of anilines is 1. The first-order valence-electron chi connectivity index (χ1n) is 8.57. The summed E-state index contributed by atoms with van der Waals surface area (Å²) in [5.74, 6) is -2.24. The predicted molar refractivity (Wildman–Crippen MR) is 104 cm³/mol. The standard InChI is InChI=1S/C20H22N2O7/c1-27-16-9-13(20(26)29-3)14(10-17(16)28-2)22-19(25)18(24)21-11-15(23)12-7-5-4-6-8-12/h4-10,15,23H,11H2,1-3H3,(H,21,24)(H,22,25). The normalized spacial score (nSPS) is 11.2. The van der Waals surface area contributed by atoms with Crippen LogP contribution in [0.5, 0.6) is 11.5 Å². The van der Waals surface area contributed by atoms with Crippen LogP contribution in [-0.2, 0) is 14.3 Å². The molecule has 2 rings (SSSR count). The SMILES string of the molecule is COC(=O)c1cc(OC)c(OC)cc1NC(=O)C(=O)NCC(O)c1ccccc1. The summed E-state index contributed by atoms with van der Waals surface area (Å²) in [4.78, 5) is 36.4. The second-order valence-electron chi connectivity index (χ2n) is 5.83. The van der Waals surface area contributed by atoms with Gasteiger partial charge in [0.1, 0.15) is 0 Å². The molecular weight excluding hydrogens is 380 g/mol. The molecule has 29 heavy (non-hydrogen) atoms. The molecule has 2 aromatic rings. The van der Waals surface area contributed by atoms with Crippen LogP contribution in [0.15, 0.2) is 42.5 Å². The first-order valence-corrected chi connectivity index (χ1v) is 8.57. The molecule has 0 heterocycles. The van der Waals surface area contributed by atoms with Crippen molar-refractivity contribution in [2.24, 2.45) is 0 Å². The summed E-state index contributed by atoms with van der Waals surface area (Å²) in [6.07, 6.45) is -0.973. The molecular formula is C20H22N2O7. The van der Waals surface area contributed by atoms with Gasteiger partial charge in [0.2, 0.25) is 0 Å². The van der Waals surface area contributed by atoms with Crippen molar-refractivity contribution in [2.45, 2.75) is 6.10 Å². The third-order valence-electron chi connectivity index (χ3n) is 4.02. The molecule has 0 aliphatic heterocycles. The summed E-state index contributed by atoms with van der Waals surface area (Å²) in [6.45, 7) is -0.161. The molecule has 0 radical (unpaired) electrons. The van der Waals surface area contributed by atoms with Crippen molar-refractivity contribution in [3.8, 4) is 11.5 Å². The first-order chi connectivity index (χ1) is 13.9. The van der Waals surface area contributed by atoms with E-state index in [9.17, 15) is 19.5 Å². The van der Waals surface area contributed by atoms with Crippen LogP contribution in [0.25, 0.3) is 0 Å². The lowest BCUT2D eigenvalue weighted by Crippen LogP contribution is -2.38. The van der Waals surface area contributed by atoms with Gasteiger partial charge in [-0.1, -0.05) is 30.3 Å². The van der Waals surface area contributed by atoms with Crippen LogP contribution >= 0.6 is 0 Å². The lowest BCUT2D eigenvalue weighted by Gasteiger charge is -2.15. The van der Waals surface area contributed by atoms with E-state index < -0.39 is 23.9 Å². The molecule has 0 aromatic heterocycles. The molecule has 9 heteroatoms. The van der Waals surface area contributed by atoms with Crippen molar-refractivity contribution in [2.75, 3.05) is 33.2 Å². The number of rotatable bonds is 7. The second kappa shape index (κ2) is 10.1. The molecule has 9 nitrogen and oxygen atoms in total. The Morgan fingerprint density at radius 3 is 2.17 bits per heavy atom. The second-order valence-corrected chi connectivity index (χ2v) is 5.83. The number of ether oxygens (including phenoxy) is 3. The average molecular weight is 402 g/mol. The number of benzene rings is 2. The summed E-state index contributed by atoms with van der Waals surface area (Å²) in [6, 6.07) is 11.4. The number of aliphatic hydroxyl groups is 1. The summed E-state index contributed by atoms with van der Waals surface area (Å²) in [7, 11) is 3.96. The quantitative estimate of drug-likeness (QED) is 0.471. The molecule has 154 valence electrons. The van der Waals surface area contributed by atoms with Crippen LogP contribution < -0.4 is 20.1 Å². The van der Waals surface area contributed by atoms with Gasteiger partial charge in [-0.15, -0.1) is 0 Å². The minimum absolute atomic E-state index is 0.0123. The smallest absolute Gasteiger partial charge is 0.340 e. The Bertz CT molecular complexity index is 884. The Kier molecular flexibility index (Phi) is 7.55. The molecule has 2 aromatic carbocycles. The third-order valence-corrected chi connectivity index (χ3v) is 4.02. The zero-order valence-corrected chi connectivity index (χ0v) is 16.2. The number of nitrogens with one attached hydrogen (secondary N) is 2. The molecule has 1 unspecified atom stereocenters. The topological polar surface area (TPSA) is 123 Å². The van der Waals surface area contributed by atoms with Gasteiger partial charge < -0.3 is 30.0 Å². The van der Waals surface area contributed by atoms with Gasteiger partial charge >= 0.3 is 17.8 Å². The van der Waals surface area contributed by atoms with Gasteiger partial charge in [0.15, 0.2) is 11.5 Å². The molecule has 3 N–H and O–H groups in total. The fourth-order valence-corrected chi connectivity index (χ4v) is 2.50. The van der Waals surface area contributed by atoms with E-state index in [4.69, 9.17) is 14.2 Å². The molecule has 2 amide bonds. The van der Waals surface area contributed by atoms with Crippen LogP contribution in [0, 0.1) is 0 Å². The number of carbonyl (C=O) groups excluding carboxylic acids is 3. The van der Waals surface area contributed by atoms with Crippen LogP contribution in [0.2, 0.25) is 0 Å². The number of hydrogen-bond acceptors (Lipinski definition) is 7. The molecule has 0 saturated heterocycles. The minimum Gasteiger partial charge on any atom is -0.493 e. The highest BCUT2D eigenvalue weighted by molar-refractivity contribution is 6.40. The third kappa shape index (κ3) is 5.45. The molecule has 0 fully saturated rings. The largest absolute Gasteiger partial charge is 0.493 e. The van der Waals surface area contributed by atoms with E-state index in [1.54, 1.807) is 30.3 Å². The molecule has 1 atom stereocenters. The van der Waals surface area contributed by atoms with Gasteiger partial charge in [-0.3, -0.25) is 9.59 Å². The predicted octanol–water partition coefficient (Wildman–Crippen LogP) is 1.28. The maximum atomic E-state index is 12.2. The Hall–Kier alpha value is -3.59. The number of esters is 1. The first kappa shape index (κ1) is 21.7. The van der Waals surface area contributed by atoms with Gasteiger partial charge in [0.25, 0.3) is 0 Å². The fraction of sp³-hybridized carbons (Fsp3) is 0.250. The lowest BCUT2D eigenvalue weighted by molar-refractivity contribution is -0.136. The van der Waals surface area contributed by atoms with E-state index in [-0.39, 0.29) is 29.3 Å². The zero-order valence-electron chi connectivity index (χ0n) is 16.2. The highest BCUT2D eigenvalue weighted by atomic mass is 16.5. The van der Waals surface area contributed by atoms with E-state index in [0.717, 1.165) is 0 Å². The van der Waals surface area contributed by atoms with E-state index in [1.165, 1.54) is 33.5 Å². The van der Waals surface area contributed by atoms with Gasteiger partial charge in [0, 0.05) is 18.7 Å². The number of hydrogen-bond donors (Lipinski definition) is 3. The Balaban J connectivity index is 2.12. The number of carbonyl (C=O) groups is 3. The van der Waals surface area contributed by atoms with Crippen LogP contribution in [0.3, 0.4) is 0 Å². The average Bonchev–Trinajstić information content (AvgIpc) is 2.76. The van der Waals surface area contributed by atoms with Crippen molar-refractivity contribution in [1.82, 2.24) is 5.32 Å². The van der Waals surface area contributed by atoms with Crippen molar-refractivity contribution < 1.29 is 33.7 Å². The molecule has 0 aliphatic rings. The van der Waals surface area contributed by atoms with Crippen LogP contribution in [0.1, 0.15) is 22.0 Å². The van der Waals surface area contributed by atoms with E-state index in [2.05, 4.69) is 10.6 Å². The Morgan fingerprint density at radius 1 is 0.966 bits per heavy atom. The van der Waals surface area contributed by atoms with Gasteiger partial charge in [-0.25, -0.2) is 4.79 Å². The van der Waals surface area contributed by atoms with Crippen molar-refractivity contribution in [3.05, 3.63) is 53.6 Å². The number of amides is 2. The number of methoxy groups -OCH3 is 3. The summed E-state index contributed by atoms with van der Waals surface area (Å²) in [5, 5.41) is 14.8. The monoisotopic (exact) mass is 402 g/mol. The maximum Gasteiger partial charge on any atom is 0.340 e. The highest BCUT2D eigenvalue weighted by Gasteiger charge is 2.22. The molecule has 0 saturated carbocycles.